The summed E-state index contributed by atoms with van der Waals surface area (Å²) in [4.78, 5) is 8.78. The van der Waals surface area contributed by atoms with E-state index in [1.165, 1.54) is 11.3 Å². The van der Waals surface area contributed by atoms with Crippen LogP contribution in [0.1, 0.15) is 5.56 Å². The van der Waals surface area contributed by atoms with Crippen LogP contribution in [0, 0.1) is 0 Å². The summed E-state index contributed by atoms with van der Waals surface area (Å²) in [5.41, 5.74) is 2.45. The summed E-state index contributed by atoms with van der Waals surface area (Å²) in [6.07, 6.45) is 0. The number of ether oxygens (including phenoxy) is 1. The van der Waals surface area contributed by atoms with Gasteiger partial charge in [-0.3, -0.25) is 9.89 Å². The van der Waals surface area contributed by atoms with Crippen molar-refractivity contribution in [2.75, 3.05) is 65.4 Å². The van der Waals surface area contributed by atoms with Gasteiger partial charge in [-0.1, -0.05) is 12.1 Å². The van der Waals surface area contributed by atoms with E-state index in [1.54, 1.807) is 7.05 Å². The van der Waals surface area contributed by atoms with Gasteiger partial charge < -0.3 is 20.3 Å². The molecule has 0 amide bonds. The smallest absolute Gasteiger partial charge is 0.191 e. The number of aliphatic imine (C=N–C) groups is 1. The van der Waals surface area contributed by atoms with E-state index in [4.69, 9.17) is 4.74 Å². The zero-order valence-electron chi connectivity index (χ0n) is 14.9. The molecule has 136 valence electrons. The Morgan fingerprint density at radius 1 is 1.17 bits per heavy atom. The number of nitrogens with zero attached hydrogens (tertiary/aromatic N) is 3. The molecule has 0 aliphatic carbocycles. The van der Waals surface area contributed by atoms with Gasteiger partial charge in [0.25, 0.3) is 0 Å². The Kier molecular flexibility index (Phi) is 10.0. The Morgan fingerprint density at radius 3 is 2.42 bits per heavy atom. The summed E-state index contributed by atoms with van der Waals surface area (Å²) in [5, 5.41) is 6.72. The van der Waals surface area contributed by atoms with Gasteiger partial charge in [0, 0.05) is 59.6 Å². The van der Waals surface area contributed by atoms with Crippen LogP contribution in [0.5, 0.6) is 0 Å². The largest absolute Gasteiger partial charge is 0.379 e. The molecule has 1 aliphatic rings. The lowest BCUT2D eigenvalue weighted by Crippen LogP contribution is -2.44. The maximum Gasteiger partial charge on any atom is 0.191 e. The van der Waals surface area contributed by atoms with Crippen LogP contribution in [0.3, 0.4) is 0 Å². The predicted octanol–water partition coefficient (Wildman–Crippen LogP) is 1.37. The standard InChI is InChI=1S/C17H29N5O.HI/c1-18-17(19-8-9-22-10-12-23-13-11-22)20-14-15-4-6-16(7-5-15)21(2)3;/h4-7H,8-14H2,1-3H3,(H2,18,19,20);1H. The second kappa shape index (κ2) is 11.5. The van der Waals surface area contributed by atoms with Crippen LogP contribution in [0.25, 0.3) is 0 Å². The molecule has 0 bridgehead atoms. The maximum atomic E-state index is 5.36. The van der Waals surface area contributed by atoms with Gasteiger partial charge in [0.05, 0.1) is 13.2 Å². The molecule has 1 fully saturated rings. The van der Waals surface area contributed by atoms with Gasteiger partial charge in [0.1, 0.15) is 0 Å². The lowest BCUT2D eigenvalue weighted by Gasteiger charge is -2.26. The molecule has 7 heteroatoms. The summed E-state index contributed by atoms with van der Waals surface area (Å²) in [7, 11) is 5.90. The molecule has 1 saturated heterocycles. The number of guanidine groups is 1. The van der Waals surface area contributed by atoms with Gasteiger partial charge in [-0.2, -0.15) is 0 Å². The molecular weight excluding hydrogens is 417 g/mol. The molecule has 0 unspecified atom stereocenters. The van der Waals surface area contributed by atoms with E-state index < -0.39 is 0 Å². The minimum absolute atomic E-state index is 0. The van der Waals surface area contributed by atoms with Crippen LogP contribution in [-0.4, -0.2) is 71.4 Å². The minimum Gasteiger partial charge on any atom is -0.379 e. The van der Waals surface area contributed by atoms with Gasteiger partial charge in [-0.25, -0.2) is 0 Å². The van der Waals surface area contributed by atoms with Crippen molar-refractivity contribution in [3.05, 3.63) is 29.8 Å². The highest BCUT2D eigenvalue weighted by Gasteiger charge is 2.09. The summed E-state index contributed by atoms with van der Waals surface area (Å²) in [6.45, 7) is 6.40. The lowest BCUT2D eigenvalue weighted by molar-refractivity contribution is 0.0389. The van der Waals surface area contributed by atoms with Crippen molar-refractivity contribution >= 4 is 35.6 Å². The van der Waals surface area contributed by atoms with Crippen molar-refractivity contribution in [1.29, 1.82) is 0 Å². The highest BCUT2D eigenvalue weighted by atomic mass is 127. The number of halogens is 1. The molecule has 1 heterocycles. The number of hydrogen-bond donors (Lipinski definition) is 2. The Morgan fingerprint density at radius 2 is 1.83 bits per heavy atom. The second-order valence-electron chi connectivity index (χ2n) is 5.87. The quantitative estimate of drug-likeness (QED) is 0.392. The van der Waals surface area contributed by atoms with E-state index in [1.807, 2.05) is 14.1 Å². The molecule has 2 N–H and O–H groups in total. The van der Waals surface area contributed by atoms with Crippen molar-refractivity contribution in [1.82, 2.24) is 15.5 Å². The Bertz CT molecular complexity index is 486. The fourth-order valence-corrected chi connectivity index (χ4v) is 2.48. The molecule has 2 rings (SSSR count). The van der Waals surface area contributed by atoms with Crippen LogP contribution < -0.4 is 15.5 Å². The first-order chi connectivity index (χ1) is 11.2. The summed E-state index contributed by atoms with van der Waals surface area (Å²) in [6, 6.07) is 8.55. The Hall–Kier alpha value is -1.06. The molecule has 0 atom stereocenters. The summed E-state index contributed by atoms with van der Waals surface area (Å²) >= 11 is 0. The second-order valence-corrected chi connectivity index (χ2v) is 5.87. The number of anilines is 1. The number of benzene rings is 1. The van der Waals surface area contributed by atoms with E-state index >= 15 is 0 Å². The van der Waals surface area contributed by atoms with Crippen LogP contribution in [0.2, 0.25) is 0 Å². The topological polar surface area (TPSA) is 52.1 Å². The van der Waals surface area contributed by atoms with Gasteiger partial charge in [-0.05, 0) is 17.7 Å². The number of morpholine rings is 1. The molecule has 6 nitrogen and oxygen atoms in total. The third kappa shape index (κ3) is 7.23. The Labute approximate surface area is 162 Å². The fourth-order valence-electron chi connectivity index (χ4n) is 2.48. The van der Waals surface area contributed by atoms with Gasteiger partial charge in [-0.15, -0.1) is 24.0 Å². The third-order valence-corrected chi connectivity index (χ3v) is 3.96. The highest BCUT2D eigenvalue weighted by molar-refractivity contribution is 14.0. The first-order valence-corrected chi connectivity index (χ1v) is 8.20. The highest BCUT2D eigenvalue weighted by Crippen LogP contribution is 2.11. The van der Waals surface area contributed by atoms with Gasteiger partial charge in [0.2, 0.25) is 0 Å². The molecule has 0 radical (unpaired) electrons. The van der Waals surface area contributed by atoms with Crippen LogP contribution >= 0.6 is 24.0 Å². The van der Waals surface area contributed by atoms with Gasteiger partial charge in [0.15, 0.2) is 5.96 Å². The SMILES string of the molecule is CN=C(NCCN1CCOCC1)NCc1ccc(N(C)C)cc1.I. The molecule has 24 heavy (non-hydrogen) atoms. The molecule has 0 aromatic heterocycles. The van der Waals surface area contributed by atoms with Crippen molar-refractivity contribution in [3.63, 3.8) is 0 Å². The van der Waals surface area contributed by atoms with Gasteiger partial charge >= 0.3 is 0 Å². The number of nitrogens with one attached hydrogen (secondary N) is 2. The van der Waals surface area contributed by atoms with E-state index in [2.05, 4.69) is 49.7 Å². The average Bonchev–Trinajstić information content (AvgIpc) is 2.59. The van der Waals surface area contributed by atoms with Crippen molar-refractivity contribution in [2.45, 2.75) is 6.54 Å². The van der Waals surface area contributed by atoms with E-state index in [-0.39, 0.29) is 24.0 Å². The first kappa shape index (κ1) is 21.0. The number of hydrogen-bond acceptors (Lipinski definition) is 4. The molecule has 1 aliphatic heterocycles. The van der Waals surface area contributed by atoms with E-state index in [0.717, 1.165) is 51.9 Å². The Balaban J connectivity index is 0.00000288. The first-order valence-electron chi connectivity index (χ1n) is 8.20. The van der Waals surface area contributed by atoms with E-state index in [9.17, 15) is 0 Å². The zero-order valence-corrected chi connectivity index (χ0v) is 17.2. The monoisotopic (exact) mass is 447 g/mol. The molecule has 1 aromatic carbocycles. The summed E-state index contributed by atoms with van der Waals surface area (Å²) < 4.78 is 5.36. The molecule has 0 spiro atoms. The molecule has 1 aromatic rings. The predicted molar refractivity (Wildman–Crippen MR) is 112 cm³/mol. The molecule has 0 saturated carbocycles. The zero-order chi connectivity index (χ0) is 16.5. The van der Waals surface area contributed by atoms with Crippen LogP contribution in [0.4, 0.5) is 5.69 Å². The van der Waals surface area contributed by atoms with Crippen molar-refractivity contribution < 1.29 is 4.74 Å². The van der Waals surface area contributed by atoms with Crippen LogP contribution in [-0.2, 0) is 11.3 Å². The van der Waals surface area contributed by atoms with Crippen LogP contribution in [0.15, 0.2) is 29.3 Å². The summed E-state index contributed by atoms with van der Waals surface area (Å²) in [5.74, 6) is 0.843. The van der Waals surface area contributed by atoms with Crippen molar-refractivity contribution in [2.24, 2.45) is 4.99 Å². The minimum atomic E-state index is 0. The lowest BCUT2D eigenvalue weighted by atomic mass is 10.2. The van der Waals surface area contributed by atoms with Crippen molar-refractivity contribution in [3.8, 4) is 0 Å². The molecular formula is C17H30IN5O. The normalized spacial score (nSPS) is 15.5. The third-order valence-electron chi connectivity index (χ3n) is 3.96. The average molecular weight is 447 g/mol. The maximum absolute atomic E-state index is 5.36. The number of rotatable bonds is 6. The fraction of sp³-hybridized carbons (Fsp3) is 0.588. The van der Waals surface area contributed by atoms with E-state index in [0.29, 0.717) is 0 Å².